The van der Waals surface area contributed by atoms with E-state index >= 15 is 0 Å². The number of amides is 1. The third kappa shape index (κ3) is 5.61. The summed E-state index contributed by atoms with van der Waals surface area (Å²) in [6, 6.07) is 10.3. The number of sulfonamides is 1. The maximum atomic E-state index is 12.0. The molecule has 2 aromatic rings. The number of nitrogens with two attached hydrogens (primary N) is 1. The summed E-state index contributed by atoms with van der Waals surface area (Å²) >= 11 is 11.7. The highest BCUT2D eigenvalue weighted by molar-refractivity contribution is 7.89. The SMILES string of the molecule is C[C@H](NC(=O)COc1ccc(Cl)c(Cl)c1)c1ccc(S(N)(=O)=O)cc1. The zero-order valence-electron chi connectivity index (χ0n) is 13.2. The smallest absolute Gasteiger partial charge is 0.258 e. The molecule has 2 rings (SSSR count). The molecule has 0 radical (unpaired) electrons. The summed E-state index contributed by atoms with van der Waals surface area (Å²) in [6.45, 7) is 1.57. The monoisotopic (exact) mass is 402 g/mol. The van der Waals surface area contributed by atoms with Gasteiger partial charge in [0, 0.05) is 6.07 Å². The van der Waals surface area contributed by atoms with Crippen LogP contribution in [0.3, 0.4) is 0 Å². The predicted molar refractivity (Wildman–Crippen MR) is 96.3 cm³/mol. The van der Waals surface area contributed by atoms with Gasteiger partial charge in [-0.3, -0.25) is 4.79 Å². The average molecular weight is 403 g/mol. The minimum absolute atomic E-state index is 0.0118. The average Bonchev–Trinajstić information content (AvgIpc) is 2.55. The van der Waals surface area contributed by atoms with E-state index in [2.05, 4.69) is 5.32 Å². The summed E-state index contributed by atoms with van der Waals surface area (Å²) in [7, 11) is -3.74. The number of carbonyl (C=O) groups is 1. The molecular formula is C16H16Cl2N2O4S. The fourth-order valence-electron chi connectivity index (χ4n) is 2.03. The molecule has 0 unspecified atom stereocenters. The minimum Gasteiger partial charge on any atom is -0.484 e. The van der Waals surface area contributed by atoms with Crippen LogP contribution in [-0.2, 0) is 14.8 Å². The van der Waals surface area contributed by atoms with E-state index in [1.807, 2.05) is 0 Å². The van der Waals surface area contributed by atoms with E-state index in [0.717, 1.165) is 5.56 Å². The molecule has 0 aliphatic heterocycles. The highest BCUT2D eigenvalue weighted by Crippen LogP contribution is 2.26. The number of hydrogen-bond donors (Lipinski definition) is 2. The van der Waals surface area contributed by atoms with Crippen molar-refractivity contribution in [3.05, 3.63) is 58.1 Å². The number of benzene rings is 2. The first kappa shape index (κ1) is 19.5. The molecule has 0 saturated carbocycles. The number of hydrogen-bond acceptors (Lipinski definition) is 4. The Kier molecular flexibility index (Phi) is 6.29. The van der Waals surface area contributed by atoms with Crippen molar-refractivity contribution < 1.29 is 17.9 Å². The first-order valence-electron chi connectivity index (χ1n) is 7.17. The molecule has 0 spiro atoms. The molecule has 1 atom stereocenters. The van der Waals surface area contributed by atoms with Gasteiger partial charge in [0.1, 0.15) is 5.75 Å². The van der Waals surface area contributed by atoms with Gasteiger partial charge in [-0.25, -0.2) is 13.6 Å². The first-order chi connectivity index (χ1) is 11.7. The van der Waals surface area contributed by atoms with Crippen molar-refractivity contribution in [3.63, 3.8) is 0 Å². The van der Waals surface area contributed by atoms with Gasteiger partial charge in [0.05, 0.1) is 21.0 Å². The molecular weight excluding hydrogens is 387 g/mol. The van der Waals surface area contributed by atoms with Gasteiger partial charge < -0.3 is 10.1 Å². The molecule has 0 saturated heterocycles. The Labute approximate surface area is 155 Å². The van der Waals surface area contributed by atoms with Crippen LogP contribution in [0.1, 0.15) is 18.5 Å². The summed E-state index contributed by atoms with van der Waals surface area (Å²) < 4.78 is 27.8. The Balaban J connectivity index is 1.92. The third-order valence-electron chi connectivity index (χ3n) is 3.35. The number of primary sulfonamides is 1. The Hall–Kier alpha value is -1.80. The van der Waals surface area contributed by atoms with Gasteiger partial charge >= 0.3 is 0 Å². The zero-order chi connectivity index (χ0) is 18.6. The van der Waals surface area contributed by atoms with Crippen molar-refractivity contribution in [2.45, 2.75) is 17.9 Å². The molecule has 0 bridgehead atoms. The van der Waals surface area contributed by atoms with Crippen molar-refractivity contribution >= 4 is 39.1 Å². The van der Waals surface area contributed by atoms with Crippen molar-refractivity contribution in [1.29, 1.82) is 0 Å². The second-order valence-electron chi connectivity index (χ2n) is 5.27. The highest BCUT2D eigenvalue weighted by Gasteiger charge is 2.13. The van der Waals surface area contributed by atoms with Gasteiger partial charge in [-0.2, -0.15) is 0 Å². The van der Waals surface area contributed by atoms with E-state index in [9.17, 15) is 13.2 Å². The van der Waals surface area contributed by atoms with Crippen molar-refractivity contribution in [3.8, 4) is 5.75 Å². The zero-order valence-corrected chi connectivity index (χ0v) is 15.5. The minimum atomic E-state index is -3.74. The Morgan fingerprint density at radius 2 is 1.80 bits per heavy atom. The molecule has 25 heavy (non-hydrogen) atoms. The second kappa shape index (κ2) is 8.05. The largest absolute Gasteiger partial charge is 0.484 e. The number of carbonyl (C=O) groups excluding carboxylic acids is 1. The van der Waals surface area contributed by atoms with E-state index in [-0.39, 0.29) is 23.5 Å². The lowest BCUT2D eigenvalue weighted by molar-refractivity contribution is -0.123. The molecule has 0 heterocycles. The van der Waals surface area contributed by atoms with E-state index in [4.69, 9.17) is 33.1 Å². The van der Waals surface area contributed by atoms with Gasteiger partial charge in [0.15, 0.2) is 6.61 Å². The van der Waals surface area contributed by atoms with Crippen LogP contribution in [0.15, 0.2) is 47.4 Å². The maximum Gasteiger partial charge on any atom is 0.258 e. The van der Waals surface area contributed by atoms with Crippen molar-refractivity contribution in [2.24, 2.45) is 5.14 Å². The summed E-state index contributed by atoms with van der Waals surface area (Å²) in [4.78, 5) is 12.0. The molecule has 0 fully saturated rings. The standard InChI is InChI=1S/C16H16Cl2N2O4S/c1-10(11-2-5-13(6-3-11)25(19,22)23)20-16(21)9-24-12-4-7-14(17)15(18)8-12/h2-8,10H,9H2,1H3,(H,20,21)(H2,19,22,23)/t10-/m0/s1. The van der Waals surface area contributed by atoms with Gasteiger partial charge in [-0.1, -0.05) is 35.3 Å². The Morgan fingerprint density at radius 1 is 1.16 bits per heavy atom. The lowest BCUT2D eigenvalue weighted by atomic mass is 10.1. The van der Waals surface area contributed by atoms with Gasteiger partial charge in [0.2, 0.25) is 10.0 Å². The number of ether oxygens (including phenoxy) is 1. The number of halogens is 2. The van der Waals surface area contributed by atoms with Crippen LogP contribution in [-0.4, -0.2) is 20.9 Å². The fourth-order valence-corrected chi connectivity index (χ4v) is 2.83. The Morgan fingerprint density at radius 3 is 2.36 bits per heavy atom. The van der Waals surface area contributed by atoms with E-state index < -0.39 is 10.0 Å². The predicted octanol–water partition coefficient (Wildman–Crippen LogP) is 2.90. The molecule has 0 aliphatic rings. The van der Waals surface area contributed by atoms with E-state index in [0.29, 0.717) is 15.8 Å². The molecule has 1 amide bonds. The van der Waals surface area contributed by atoms with Crippen molar-refractivity contribution in [1.82, 2.24) is 5.32 Å². The van der Waals surface area contributed by atoms with Crippen LogP contribution in [0, 0.1) is 0 Å². The van der Waals surface area contributed by atoms with Gasteiger partial charge in [-0.05, 0) is 36.8 Å². The van der Waals surface area contributed by atoms with Crippen LogP contribution >= 0.6 is 23.2 Å². The molecule has 134 valence electrons. The number of nitrogens with one attached hydrogen (secondary N) is 1. The summed E-state index contributed by atoms with van der Waals surface area (Å²) in [5, 5.41) is 8.53. The van der Waals surface area contributed by atoms with Gasteiger partial charge in [0.25, 0.3) is 5.91 Å². The second-order valence-corrected chi connectivity index (χ2v) is 7.64. The molecule has 6 nitrogen and oxygen atoms in total. The Bertz CT molecular complexity index is 870. The van der Waals surface area contributed by atoms with E-state index in [1.54, 1.807) is 31.2 Å². The molecule has 0 aromatic heterocycles. The molecule has 0 aliphatic carbocycles. The topological polar surface area (TPSA) is 98.5 Å². The van der Waals surface area contributed by atoms with E-state index in [1.165, 1.54) is 18.2 Å². The van der Waals surface area contributed by atoms with Crippen LogP contribution in [0.5, 0.6) is 5.75 Å². The van der Waals surface area contributed by atoms with Crippen molar-refractivity contribution in [2.75, 3.05) is 6.61 Å². The van der Waals surface area contributed by atoms with Gasteiger partial charge in [-0.15, -0.1) is 0 Å². The van der Waals surface area contributed by atoms with Crippen LogP contribution in [0.4, 0.5) is 0 Å². The summed E-state index contributed by atoms with van der Waals surface area (Å²) in [6.07, 6.45) is 0. The normalized spacial score (nSPS) is 12.5. The summed E-state index contributed by atoms with van der Waals surface area (Å²) in [5.74, 6) is 0.0869. The number of rotatable bonds is 6. The maximum absolute atomic E-state index is 12.0. The molecule has 3 N–H and O–H groups in total. The lowest BCUT2D eigenvalue weighted by Crippen LogP contribution is -2.31. The fraction of sp³-hybridized carbons (Fsp3) is 0.188. The summed E-state index contributed by atoms with van der Waals surface area (Å²) in [5.41, 5.74) is 0.732. The quantitative estimate of drug-likeness (QED) is 0.775. The molecule has 2 aromatic carbocycles. The van der Waals surface area contributed by atoms with Crippen LogP contribution < -0.4 is 15.2 Å². The first-order valence-corrected chi connectivity index (χ1v) is 9.47. The molecule has 9 heteroatoms. The lowest BCUT2D eigenvalue weighted by Gasteiger charge is -2.15. The van der Waals surface area contributed by atoms with Crippen LogP contribution in [0.25, 0.3) is 0 Å². The highest BCUT2D eigenvalue weighted by atomic mass is 35.5. The van der Waals surface area contributed by atoms with Crippen LogP contribution in [0.2, 0.25) is 10.0 Å². The third-order valence-corrected chi connectivity index (χ3v) is 5.02.